The van der Waals surface area contributed by atoms with Crippen molar-refractivity contribution < 1.29 is 19.1 Å². The van der Waals surface area contributed by atoms with Crippen molar-refractivity contribution in [3.8, 4) is 5.75 Å². The highest BCUT2D eigenvalue weighted by Gasteiger charge is 2.21. The fraction of sp³-hybridized carbons (Fsp3) is 0.444. The molecule has 1 fully saturated rings. The van der Waals surface area contributed by atoms with E-state index in [1.807, 2.05) is 13.0 Å². The van der Waals surface area contributed by atoms with Crippen molar-refractivity contribution in [3.05, 3.63) is 71.1 Å². The van der Waals surface area contributed by atoms with E-state index < -0.39 is 6.10 Å². The molecule has 9 nitrogen and oxygen atoms in total. The number of β-amino-alcohol motifs (C(OH)–C–C–N with tert-alkyl or cyclic N) is 1. The third kappa shape index (κ3) is 6.03. The minimum atomic E-state index is -0.655. The second-order valence-corrected chi connectivity index (χ2v) is 9.63. The van der Waals surface area contributed by atoms with E-state index >= 15 is 0 Å². The van der Waals surface area contributed by atoms with E-state index in [4.69, 9.17) is 9.15 Å². The number of anilines is 1. The van der Waals surface area contributed by atoms with E-state index in [0.29, 0.717) is 24.8 Å². The quantitative estimate of drug-likeness (QED) is 0.397. The standard InChI is InChI=1S/C27H33N5O4/c1-18-25(36-17-30-18)16-35-24-6-5-21-14-32(10-8-19(21)11-24)15-23(33)13-29-27(34)20-7-9-28-26(12-20)31-22-3-2-4-22/h5-7,9,11-12,17,22-23,33H,2-4,8,10,13-16H2,1H3,(H,28,31)(H,29,34)/t23-/m0/s1. The van der Waals surface area contributed by atoms with Gasteiger partial charge in [0, 0.05) is 44.0 Å². The van der Waals surface area contributed by atoms with Crippen LogP contribution in [-0.2, 0) is 19.6 Å². The van der Waals surface area contributed by atoms with Crippen LogP contribution in [0.3, 0.4) is 0 Å². The summed E-state index contributed by atoms with van der Waals surface area (Å²) in [5.74, 6) is 2.06. The number of rotatable bonds is 10. The zero-order valence-corrected chi connectivity index (χ0v) is 20.6. The van der Waals surface area contributed by atoms with Gasteiger partial charge < -0.3 is 24.9 Å². The summed E-state index contributed by atoms with van der Waals surface area (Å²) in [6.45, 7) is 4.53. The molecule has 3 heterocycles. The molecule has 1 aromatic carbocycles. The molecule has 1 amide bonds. The number of hydrogen-bond acceptors (Lipinski definition) is 8. The van der Waals surface area contributed by atoms with Crippen LogP contribution < -0.4 is 15.4 Å². The number of hydrogen-bond donors (Lipinski definition) is 3. The Morgan fingerprint density at radius 2 is 2.14 bits per heavy atom. The van der Waals surface area contributed by atoms with Gasteiger partial charge in [-0.15, -0.1) is 0 Å². The van der Waals surface area contributed by atoms with Gasteiger partial charge in [0.05, 0.1) is 11.8 Å². The molecule has 2 aromatic heterocycles. The second-order valence-electron chi connectivity index (χ2n) is 9.63. The molecule has 0 unspecified atom stereocenters. The van der Waals surface area contributed by atoms with Gasteiger partial charge in [-0.05, 0) is 68.0 Å². The van der Waals surface area contributed by atoms with Crippen molar-refractivity contribution in [2.75, 3.05) is 25.0 Å². The van der Waals surface area contributed by atoms with Crippen LogP contribution in [0.25, 0.3) is 0 Å². The number of benzene rings is 1. The number of aliphatic hydroxyl groups is 1. The van der Waals surface area contributed by atoms with Crippen LogP contribution in [0.4, 0.5) is 5.82 Å². The molecule has 0 radical (unpaired) electrons. The molecule has 2 aliphatic rings. The van der Waals surface area contributed by atoms with Crippen LogP contribution in [0.2, 0.25) is 0 Å². The Bertz CT molecular complexity index is 1190. The number of fused-ring (bicyclic) bond motifs is 1. The second kappa shape index (κ2) is 11.1. The summed E-state index contributed by atoms with van der Waals surface area (Å²) >= 11 is 0. The van der Waals surface area contributed by atoms with E-state index in [1.54, 1.807) is 18.3 Å². The lowest BCUT2D eigenvalue weighted by Crippen LogP contribution is -2.42. The number of oxazole rings is 1. The number of aromatic nitrogens is 2. The fourth-order valence-electron chi connectivity index (χ4n) is 4.53. The Hall–Kier alpha value is -3.43. The van der Waals surface area contributed by atoms with Gasteiger partial charge in [0.2, 0.25) is 0 Å². The molecule has 0 spiro atoms. The smallest absolute Gasteiger partial charge is 0.251 e. The minimum absolute atomic E-state index is 0.198. The van der Waals surface area contributed by atoms with E-state index in [0.717, 1.165) is 55.4 Å². The van der Waals surface area contributed by atoms with Crippen LogP contribution in [0, 0.1) is 6.92 Å². The fourth-order valence-corrected chi connectivity index (χ4v) is 4.53. The molecule has 3 N–H and O–H groups in total. The summed E-state index contributed by atoms with van der Waals surface area (Å²) in [5, 5.41) is 16.8. The number of carbonyl (C=O) groups excluding carboxylic acids is 1. The summed E-state index contributed by atoms with van der Waals surface area (Å²) in [7, 11) is 0. The Labute approximate surface area is 210 Å². The number of nitrogens with zero attached hydrogens (tertiary/aromatic N) is 3. The molecule has 36 heavy (non-hydrogen) atoms. The first-order valence-corrected chi connectivity index (χ1v) is 12.6. The molecule has 1 aliphatic heterocycles. The third-order valence-electron chi connectivity index (χ3n) is 6.93. The third-order valence-corrected chi connectivity index (χ3v) is 6.93. The highest BCUT2D eigenvalue weighted by molar-refractivity contribution is 5.94. The lowest BCUT2D eigenvalue weighted by Gasteiger charge is -2.30. The SMILES string of the molecule is Cc1ncoc1COc1ccc2c(c1)CCN(C[C@@H](O)CNC(=O)c1ccnc(NC3CCC3)c1)C2. The van der Waals surface area contributed by atoms with Crippen LogP contribution >= 0.6 is 0 Å². The minimum Gasteiger partial charge on any atom is -0.486 e. The largest absolute Gasteiger partial charge is 0.486 e. The average molecular weight is 492 g/mol. The van der Waals surface area contributed by atoms with Gasteiger partial charge in [-0.2, -0.15) is 0 Å². The normalized spacial score (nSPS) is 16.6. The number of ether oxygens (including phenoxy) is 1. The lowest BCUT2D eigenvalue weighted by molar-refractivity contribution is 0.0841. The highest BCUT2D eigenvalue weighted by atomic mass is 16.5. The maximum atomic E-state index is 12.6. The number of carbonyl (C=O) groups is 1. The first kappa shape index (κ1) is 24.3. The molecule has 0 saturated heterocycles. The summed E-state index contributed by atoms with van der Waals surface area (Å²) < 4.78 is 11.2. The van der Waals surface area contributed by atoms with Gasteiger partial charge in [0.1, 0.15) is 18.2 Å². The van der Waals surface area contributed by atoms with Crippen molar-refractivity contribution >= 4 is 11.7 Å². The van der Waals surface area contributed by atoms with Crippen molar-refractivity contribution in [1.82, 2.24) is 20.2 Å². The van der Waals surface area contributed by atoms with Crippen LogP contribution in [0.15, 0.2) is 47.3 Å². The van der Waals surface area contributed by atoms with Crippen molar-refractivity contribution in [2.45, 2.75) is 57.9 Å². The zero-order valence-electron chi connectivity index (χ0n) is 20.6. The number of aryl methyl sites for hydroxylation is 1. The number of amides is 1. The van der Waals surface area contributed by atoms with E-state index in [1.165, 1.54) is 23.9 Å². The molecule has 3 aromatic rings. The van der Waals surface area contributed by atoms with Gasteiger partial charge in [0.25, 0.3) is 5.91 Å². The highest BCUT2D eigenvalue weighted by Crippen LogP contribution is 2.25. The van der Waals surface area contributed by atoms with Crippen molar-refractivity contribution in [1.29, 1.82) is 0 Å². The molecule has 1 saturated carbocycles. The van der Waals surface area contributed by atoms with E-state index in [9.17, 15) is 9.90 Å². The van der Waals surface area contributed by atoms with Crippen LogP contribution in [0.1, 0.15) is 52.2 Å². The van der Waals surface area contributed by atoms with Crippen molar-refractivity contribution in [3.63, 3.8) is 0 Å². The Balaban J connectivity index is 1.07. The number of nitrogens with one attached hydrogen (secondary N) is 2. The van der Waals surface area contributed by atoms with Crippen LogP contribution in [0.5, 0.6) is 5.75 Å². The first-order chi connectivity index (χ1) is 17.5. The molecular weight excluding hydrogens is 458 g/mol. The zero-order chi connectivity index (χ0) is 24.9. The van der Waals surface area contributed by atoms with Crippen molar-refractivity contribution in [2.24, 2.45) is 0 Å². The van der Waals surface area contributed by atoms with Crippen LogP contribution in [-0.4, -0.2) is 57.7 Å². The average Bonchev–Trinajstić information content (AvgIpc) is 3.28. The predicted octanol–water partition coefficient (Wildman–Crippen LogP) is 3.07. The number of aliphatic hydroxyl groups excluding tert-OH is 1. The van der Waals surface area contributed by atoms with Gasteiger partial charge >= 0.3 is 0 Å². The van der Waals surface area contributed by atoms with Gasteiger partial charge in [-0.1, -0.05) is 6.07 Å². The molecule has 9 heteroatoms. The molecule has 0 bridgehead atoms. The maximum Gasteiger partial charge on any atom is 0.251 e. The van der Waals surface area contributed by atoms with Gasteiger partial charge in [0.15, 0.2) is 12.2 Å². The lowest BCUT2D eigenvalue weighted by atomic mass is 9.93. The Morgan fingerprint density at radius 3 is 2.92 bits per heavy atom. The van der Waals surface area contributed by atoms with Gasteiger partial charge in [-0.25, -0.2) is 9.97 Å². The predicted molar refractivity (Wildman–Crippen MR) is 135 cm³/mol. The monoisotopic (exact) mass is 491 g/mol. The molecule has 1 aliphatic carbocycles. The van der Waals surface area contributed by atoms with E-state index in [-0.39, 0.29) is 12.5 Å². The summed E-state index contributed by atoms with van der Waals surface area (Å²) in [5.41, 5.74) is 3.86. The molecule has 190 valence electrons. The Morgan fingerprint density at radius 1 is 1.25 bits per heavy atom. The molecular formula is C27H33N5O4. The maximum absolute atomic E-state index is 12.6. The molecule has 5 rings (SSSR count). The molecule has 1 atom stereocenters. The van der Waals surface area contributed by atoms with E-state index in [2.05, 4.69) is 37.6 Å². The summed E-state index contributed by atoms with van der Waals surface area (Å²) in [4.78, 5) is 23.2. The van der Waals surface area contributed by atoms with Gasteiger partial charge in [-0.3, -0.25) is 9.69 Å². The summed E-state index contributed by atoms with van der Waals surface area (Å²) in [6.07, 6.45) is 6.81. The topological polar surface area (TPSA) is 113 Å². The Kier molecular flexibility index (Phi) is 7.48. The number of pyridine rings is 1. The summed E-state index contributed by atoms with van der Waals surface area (Å²) in [6, 6.07) is 10.0. The first-order valence-electron chi connectivity index (χ1n) is 12.6.